The van der Waals surface area contributed by atoms with E-state index in [4.69, 9.17) is 4.98 Å². The molecule has 35 heavy (non-hydrogen) atoms. The molecule has 1 atom stereocenters. The molecule has 2 amide bonds. The van der Waals surface area contributed by atoms with Crippen LogP contribution in [-0.4, -0.2) is 71.7 Å². The van der Waals surface area contributed by atoms with Gasteiger partial charge >= 0.3 is 6.09 Å². The number of likely N-dealkylation sites (tertiary alicyclic amines) is 1. The van der Waals surface area contributed by atoms with E-state index >= 15 is 0 Å². The maximum absolute atomic E-state index is 13.3. The Labute approximate surface area is 203 Å². The highest BCUT2D eigenvalue weighted by atomic mass is 16.4. The van der Waals surface area contributed by atoms with Crippen LogP contribution in [0.5, 0.6) is 0 Å². The van der Waals surface area contributed by atoms with Crippen molar-refractivity contribution in [1.29, 1.82) is 0 Å². The van der Waals surface area contributed by atoms with Crippen LogP contribution in [-0.2, 0) is 30.7 Å². The molecule has 186 valence electrons. The number of piperidine rings is 1. The maximum atomic E-state index is 13.3. The van der Waals surface area contributed by atoms with Crippen molar-refractivity contribution in [3.63, 3.8) is 0 Å². The van der Waals surface area contributed by atoms with Crippen molar-refractivity contribution < 1.29 is 19.8 Å². The molecule has 10 nitrogen and oxygen atoms in total. The molecule has 2 aromatic heterocycles. The van der Waals surface area contributed by atoms with Gasteiger partial charge in [-0.3, -0.25) is 14.4 Å². The third-order valence-electron chi connectivity index (χ3n) is 7.32. The number of nitrogens with zero attached hydrogens (tertiary/aromatic N) is 6. The molecular weight excluding hydrogens is 448 g/mol. The molecule has 0 radical (unpaired) electrons. The summed E-state index contributed by atoms with van der Waals surface area (Å²) in [5.41, 5.74) is 4.21. The van der Waals surface area contributed by atoms with Gasteiger partial charge in [0.15, 0.2) is 0 Å². The van der Waals surface area contributed by atoms with Crippen molar-refractivity contribution >= 4 is 28.7 Å². The van der Waals surface area contributed by atoms with Crippen molar-refractivity contribution in [2.24, 2.45) is 0 Å². The van der Waals surface area contributed by atoms with E-state index in [2.05, 4.69) is 5.10 Å². The first-order chi connectivity index (χ1) is 16.8. The van der Waals surface area contributed by atoms with E-state index in [1.807, 2.05) is 46.3 Å². The summed E-state index contributed by atoms with van der Waals surface area (Å²) in [5, 5.41) is 24.0. The Bertz CT molecular complexity index is 1240. The number of amides is 2. The van der Waals surface area contributed by atoms with Crippen LogP contribution >= 0.6 is 0 Å². The van der Waals surface area contributed by atoms with Gasteiger partial charge in [0, 0.05) is 50.1 Å². The van der Waals surface area contributed by atoms with E-state index in [-0.39, 0.29) is 24.6 Å². The largest absolute Gasteiger partial charge is 0.465 e. The predicted octanol–water partition coefficient (Wildman–Crippen LogP) is 2.59. The molecule has 1 aromatic carbocycles. The van der Waals surface area contributed by atoms with Gasteiger partial charge in [0.2, 0.25) is 5.91 Å². The van der Waals surface area contributed by atoms with Gasteiger partial charge in [0.25, 0.3) is 0 Å². The molecule has 1 saturated heterocycles. The number of benzene rings is 1. The summed E-state index contributed by atoms with van der Waals surface area (Å²) in [7, 11) is 0. The molecule has 0 spiro atoms. The molecule has 1 fully saturated rings. The number of aryl methyl sites for hydroxylation is 4. The monoisotopic (exact) mass is 480 g/mol. The molecule has 0 bridgehead atoms. The van der Waals surface area contributed by atoms with Crippen molar-refractivity contribution in [1.82, 2.24) is 24.2 Å². The first-order valence-corrected chi connectivity index (χ1v) is 12.3. The summed E-state index contributed by atoms with van der Waals surface area (Å²) in [6.45, 7) is 5.78. The number of aliphatic hydroxyl groups excluding tert-OH is 1. The second kappa shape index (κ2) is 9.33. The Kier molecular flexibility index (Phi) is 6.22. The highest BCUT2D eigenvalue weighted by Crippen LogP contribution is 2.38. The van der Waals surface area contributed by atoms with Gasteiger partial charge in [0.05, 0.1) is 22.8 Å². The summed E-state index contributed by atoms with van der Waals surface area (Å²) in [6.07, 6.45) is 5.58. The highest BCUT2D eigenvalue weighted by molar-refractivity contribution is 5.96. The second-order valence-corrected chi connectivity index (χ2v) is 9.67. The van der Waals surface area contributed by atoms with E-state index < -0.39 is 6.09 Å². The number of fused-ring (bicyclic) bond motifs is 3. The van der Waals surface area contributed by atoms with Gasteiger partial charge in [-0.25, -0.2) is 9.78 Å². The van der Waals surface area contributed by atoms with Crippen molar-refractivity contribution in [3.8, 4) is 0 Å². The number of imidazole rings is 1. The number of hydrogen-bond donors (Lipinski definition) is 2. The van der Waals surface area contributed by atoms with Gasteiger partial charge in [-0.15, -0.1) is 0 Å². The van der Waals surface area contributed by atoms with Crippen LogP contribution in [0.15, 0.2) is 24.5 Å². The van der Waals surface area contributed by atoms with Gasteiger partial charge in [-0.2, -0.15) is 5.10 Å². The Balaban J connectivity index is 1.57. The Morgan fingerprint density at radius 1 is 1.20 bits per heavy atom. The number of carbonyl (C=O) groups excluding carboxylic acids is 1. The third kappa shape index (κ3) is 4.38. The number of hydrogen-bond acceptors (Lipinski definition) is 5. The smallest absolute Gasteiger partial charge is 0.412 e. The van der Waals surface area contributed by atoms with E-state index in [0.29, 0.717) is 44.6 Å². The van der Waals surface area contributed by atoms with Gasteiger partial charge in [0.1, 0.15) is 12.4 Å². The number of carbonyl (C=O) groups is 2. The number of aromatic nitrogens is 4. The molecule has 0 aliphatic carbocycles. The van der Waals surface area contributed by atoms with E-state index in [0.717, 1.165) is 40.8 Å². The van der Waals surface area contributed by atoms with E-state index in [1.54, 1.807) is 6.20 Å². The average Bonchev–Trinajstić information content (AvgIpc) is 3.46. The fourth-order valence-electron chi connectivity index (χ4n) is 5.42. The normalized spacial score (nSPS) is 18.8. The summed E-state index contributed by atoms with van der Waals surface area (Å²) < 4.78 is 3.85. The quantitative estimate of drug-likeness (QED) is 0.580. The molecule has 10 heteroatoms. The zero-order valence-electron chi connectivity index (χ0n) is 20.2. The fraction of sp³-hybridized carbons (Fsp3) is 0.520. The van der Waals surface area contributed by atoms with Crippen LogP contribution in [0.2, 0.25) is 0 Å². The lowest BCUT2D eigenvalue weighted by molar-refractivity contribution is -0.133. The van der Waals surface area contributed by atoms with Crippen LogP contribution in [0.25, 0.3) is 11.0 Å². The first-order valence-electron chi connectivity index (χ1n) is 12.3. The van der Waals surface area contributed by atoms with E-state index in [9.17, 15) is 19.8 Å². The molecule has 1 unspecified atom stereocenters. The summed E-state index contributed by atoms with van der Waals surface area (Å²) >= 11 is 0. The molecule has 2 aliphatic rings. The van der Waals surface area contributed by atoms with Crippen LogP contribution in [0.1, 0.15) is 43.1 Å². The lowest BCUT2D eigenvalue weighted by Gasteiger charge is -2.33. The summed E-state index contributed by atoms with van der Waals surface area (Å²) in [5.74, 6) is 0.798. The molecule has 3 aromatic rings. The molecule has 5 rings (SSSR count). The zero-order chi connectivity index (χ0) is 24.7. The topological polar surface area (TPSA) is 117 Å². The average molecular weight is 481 g/mol. The molecule has 2 aliphatic heterocycles. The summed E-state index contributed by atoms with van der Waals surface area (Å²) in [6, 6.07) is 3.70. The fourth-order valence-corrected chi connectivity index (χ4v) is 5.42. The van der Waals surface area contributed by atoms with Gasteiger partial charge in [-0.05, 0) is 57.2 Å². The standard InChI is InChI=1S/C25H32N6O4/c1-16-14-20-19(5-4-17(2)31(20)25(34)35)23-24(16)30(15-22(33)28-11-6-18(32)7-12-28)21(27-23)8-13-29-10-3-9-26-29/h3,9-10,14,17-18,32H,4-8,11-13,15H2,1-2H3,(H,34,35). The Morgan fingerprint density at radius 3 is 2.66 bits per heavy atom. The minimum absolute atomic E-state index is 0.00874. The SMILES string of the molecule is Cc1cc2c(c3nc(CCn4cccn4)n(CC(=O)N4CCC(O)CC4)c13)CCC(C)N2C(=O)O. The highest BCUT2D eigenvalue weighted by Gasteiger charge is 2.32. The molecule has 0 saturated carbocycles. The van der Waals surface area contributed by atoms with Crippen molar-refractivity contribution in [3.05, 3.63) is 41.5 Å². The van der Waals surface area contributed by atoms with Crippen LogP contribution in [0.4, 0.5) is 10.5 Å². The van der Waals surface area contributed by atoms with Crippen LogP contribution < -0.4 is 4.90 Å². The molecule has 4 heterocycles. The molecular formula is C25H32N6O4. The van der Waals surface area contributed by atoms with Crippen LogP contribution in [0, 0.1) is 6.92 Å². The number of aliphatic hydroxyl groups is 1. The third-order valence-corrected chi connectivity index (χ3v) is 7.32. The number of carboxylic acid groups (broad SMARTS) is 1. The predicted molar refractivity (Wildman–Crippen MR) is 131 cm³/mol. The van der Waals surface area contributed by atoms with Crippen LogP contribution in [0.3, 0.4) is 0 Å². The van der Waals surface area contributed by atoms with E-state index in [1.165, 1.54) is 4.90 Å². The zero-order valence-corrected chi connectivity index (χ0v) is 20.2. The Hall–Kier alpha value is -3.40. The first kappa shape index (κ1) is 23.3. The van der Waals surface area contributed by atoms with Gasteiger partial charge in [-0.1, -0.05) is 0 Å². The lowest BCUT2D eigenvalue weighted by atomic mass is 9.94. The lowest BCUT2D eigenvalue weighted by Crippen LogP contribution is -2.42. The summed E-state index contributed by atoms with van der Waals surface area (Å²) in [4.78, 5) is 33.6. The van der Waals surface area contributed by atoms with Gasteiger partial charge < -0.3 is 19.7 Å². The Morgan fingerprint density at radius 2 is 1.97 bits per heavy atom. The molecule has 2 N–H and O–H groups in total. The minimum atomic E-state index is -0.960. The number of rotatable bonds is 5. The number of anilines is 1. The van der Waals surface area contributed by atoms with Crippen molar-refractivity contribution in [2.75, 3.05) is 18.0 Å². The van der Waals surface area contributed by atoms with Crippen molar-refractivity contribution in [2.45, 2.75) is 71.2 Å². The minimum Gasteiger partial charge on any atom is -0.465 e. The second-order valence-electron chi connectivity index (χ2n) is 9.67. The maximum Gasteiger partial charge on any atom is 0.412 e.